The van der Waals surface area contributed by atoms with E-state index < -0.39 is 204 Å². The fourth-order valence-electron chi connectivity index (χ4n) is 15.3. The Morgan fingerprint density at radius 3 is 1.07 bits per heavy atom. The number of rotatable bonds is 63. The van der Waals surface area contributed by atoms with Gasteiger partial charge < -0.3 is 177 Å². The summed E-state index contributed by atoms with van der Waals surface area (Å²) >= 11 is 0. The highest BCUT2D eigenvalue weighted by Crippen LogP contribution is 2.57. The molecule has 2 heterocycles. The molecule has 6 rings (SSSR count). The van der Waals surface area contributed by atoms with Crippen molar-refractivity contribution in [2.75, 3.05) is 72.5 Å². The Balaban J connectivity index is 1.22. The van der Waals surface area contributed by atoms with Gasteiger partial charge in [0.05, 0.1) is 12.1 Å². The molecule has 54 heteroatoms. The summed E-state index contributed by atoms with van der Waals surface area (Å²) in [5.41, 5.74) is 50.4. The first-order valence-corrected chi connectivity index (χ1v) is 46.5. The summed E-state index contributed by atoms with van der Waals surface area (Å²) < 4.78 is 12.2. The van der Waals surface area contributed by atoms with E-state index in [1.54, 1.807) is 0 Å². The van der Waals surface area contributed by atoms with Crippen molar-refractivity contribution in [2.45, 2.75) is 207 Å². The van der Waals surface area contributed by atoms with E-state index in [1.807, 2.05) is 0 Å². The fraction of sp³-hybridized carbons (Fsp3) is 0.494. The molecule has 46 N–H and O–H groups in total. The van der Waals surface area contributed by atoms with Gasteiger partial charge in [-0.25, -0.2) is 4.79 Å². The van der Waals surface area contributed by atoms with Crippen LogP contribution in [0.5, 0.6) is 28.7 Å². The van der Waals surface area contributed by atoms with Gasteiger partial charge in [0.1, 0.15) is 89.2 Å². The molecule has 54 nitrogen and oxygen atoms in total. The predicted octanol–water partition coefficient (Wildman–Crippen LogP) is -7.45. The molecule has 0 radical (unpaired) electrons. The van der Waals surface area contributed by atoms with Crippen molar-refractivity contribution in [3.63, 3.8) is 0 Å². The first-order valence-electron chi connectivity index (χ1n) is 46.5. The number of benzene rings is 4. The third-order valence-electron chi connectivity index (χ3n) is 22.6. The van der Waals surface area contributed by atoms with Crippen molar-refractivity contribution in [1.29, 1.82) is 32.5 Å². The average molecular weight is 2000 g/mol. The number of ether oxygens (including phenoxy) is 2. The Labute approximate surface area is 823 Å². The predicted molar refractivity (Wildman–Crippen MR) is 522 cm³/mol. The van der Waals surface area contributed by atoms with Gasteiger partial charge in [-0.1, -0.05) is 12.1 Å². The van der Waals surface area contributed by atoms with Crippen LogP contribution < -0.4 is 157 Å². The van der Waals surface area contributed by atoms with Crippen molar-refractivity contribution < 1.29 is 96.7 Å². The zero-order valence-electron chi connectivity index (χ0n) is 79.4. The van der Waals surface area contributed by atoms with Gasteiger partial charge in [-0.05, 0) is 195 Å². The maximum absolute atomic E-state index is 15.1. The maximum Gasteiger partial charge on any atom is 0.340 e. The second kappa shape index (κ2) is 59.2. The number of carbonyl (C=O) groups is 15. The van der Waals surface area contributed by atoms with Crippen molar-refractivity contribution in [3.05, 3.63) is 112 Å². The number of esters is 1. The van der Waals surface area contributed by atoms with E-state index >= 15 is 9.59 Å². The number of phenolic OH excluding ortho intramolecular Hbond substituents is 3. The summed E-state index contributed by atoms with van der Waals surface area (Å²) in [5.74, 6) is -16.6. The molecule has 1 spiro atoms. The number of aromatic hydroxyl groups is 3. The number of amides is 14. The molecule has 0 saturated heterocycles. The summed E-state index contributed by atoms with van der Waals surface area (Å²) in [6.45, 7) is -0.896. The number of carbonyl (C=O) groups excluding carboxylic acids is 15. The average Bonchev–Trinajstić information content (AvgIpc) is 1.56. The molecule has 782 valence electrons. The minimum atomic E-state index is -1.76. The van der Waals surface area contributed by atoms with Crippen LogP contribution in [0.1, 0.15) is 178 Å². The van der Waals surface area contributed by atoms with Gasteiger partial charge in [0.15, 0.2) is 41.4 Å². The number of hydrogen-bond donors (Lipinski definition) is 37. The molecule has 2 aliphatic heterocycles. The van der Waals surface area contributed by atoms with E-state index in [1.165, 1.54) is 85.9 Å². The van der Waals surface area contributed by atoms with Crippen molar-refractivity contribution >= 4 is 124 Å². The quantitative estimate of drug-likeness (QED) is 0.00845. The summed E-state index contributed by atoms with van der Waals surface area (Å²) in [4.78, 5) is 213. The Morgan fingerprint density at radius 2 is 0.699 bits per heavy atom. The lowest BCUT2D eigenvalue weighted by atomic mass is 9.77. The number of primary amides is 2. The zero-order chi connectivity index (χ0) is 105. The van der Waals surface area contributed by atoms with E-state index in [0.717, 1.165) is 0 Å². The number of hydrogen-bond acceptors (Lipinski definition) is 28. The Kier molecular flexibility index (Phi) is 47.8. The van der Waals surface area contributed by atoms with Crippen LogP contribution in [-0.2, 0) is 79.1 Å². The first kappa shape index (κ1) is 115. The number of nitrogens with two attached hydrogens (primary N) is 9. The second-order valence-corrected chi connectivity index (χ2v) is 33.7. The molecule has 0 saturated carbocycles. The molecule has 4 aromatic rings. The fourth-order valence-corrected chi connectivity index (χ4v) is 15.3. The normalized spacial score (nSPS) is 13.8. The van der Waals surface area contributed by atoms with Crippen LogP contribution in [0.2, 0.25) is 0 Å². The zero-order valence-corrected chi connectivity index (χ0v) is 79.4. The van der Waals surface area contributed by atoms with Crippen molar-refractivity contribution in [3.8, 4) is 28.7 Å². The molecule has 4 aromatic carbocycles. The van der Waals surface area contributed by atoms with Crippen molar-refractivity contribution in [1.82, 2.24) is 101 Å². The lowest BCUT2D eigenvalue weighted by Crippen LogP contribution is -2.60. The van der Waals surface area contributed by atoms with E-state index in [9.17, 15) is 77.6 Å². The summed E-state index contributed by atoms with van der Waals surface area (Å²) in [5, 5.41) is 127. The second-order valence-electron chi connectivity index (χ2n) is 33.7. The smallest absolute Gasteiger partial charge is 0.340 e. The van der Waals surface area contributed by atoms with Gasteiger partial charge in [-0.15, -0.1) is 0 Å². The monoisotopic (exact) mass is 2000 g/mol. The SMILES string of the molecule is CNC(=N)NCCC[C@H](NC(=O)[C@H](CCCNC(=N)N)NC(=O)[C@H](CCCCN)NC(=O)[C@H](CCCCN)NC(=O)[C@H](CCCNC(=N)N)NC(=O)CNC(=O)[C@H](Cc1ccc(O)cc1)NC(=O)CCNC(=O)c1ccc2c(c1)C1(OC2=O)c2ccc(O)cc2Oc2cc(O)ccc21)C(=O)N[C@@H](CCC(N)=O)C(=O)N[C@@H](CCCNC(=N)N)C(=O)N[C@@H](CCCNC(=N)N)C(=O)N[C@@H](CCCNC(=N)N)C(N)=O. The largest absolute Gasteiger partial charge is 0.508 e. The van der Waals surface area contributed by atoms with Crippen LogP contribution in [0.3, 0.4) is 0 Å². The molecule has 143 heavy (non-hydrogen) atoms. The van der Waals surface area contributed by atoms with Gasteiger partial charge in [-0.3, -0.25) is 99.6 Å². The Morgan fingerprint density at radius 1 is 0.350 bits per heavy atom. The molecule has 14 amide bonds. The van der Waals surface area contributed by atoms with E-state index in [0.29, 0.717) is 29.5 Å². The van der Waals surface area contributed by atoms with Gasteiger partial charge in [0.2, 0.25) is 76.8 Å². The highest BCUT2D eigenvalue weighted by Gasteiger charge is 2.54. The van der Waals surface area contributed by atoms with Crippen LogP contribution in [0.15, 0.2) is 78.9 Å². The standard InChI is InChI=1S/C89H136N34O20/c1-105-88(104)112-40-11-19-63(80(139)123-64(30-31-68(92)127)81(140)122-62(18-10-39-111-87(102)103)79(138)119-60(16-8-37-109-85(98)99)75(134)116-56(71(93)130)14-6-35-107-83(94)95)121-78(137)61(17-9-38-110-86(100)101)120-77(136)59(13-3-5-34-91)118-76(135)58(12-2-4-33-90)117-74(133)57(15-7-36-108-84(96)97)114-70(129)46-113-73(132)65(42-47-20-23-49(124)24-21-47)115-69(128)32-41-106-72(131)48-22-27-52-55(43-48)89(143-82(52)141)53-28-25-50(125)44-66(53)142-67-45-51(126)26-29-54(67)89/h20-29,43-45,56-65,124-126H,2-19,30-42,46,90-91H2,1H3,(H2,92,127)(H2,93,130)(H,106,131)(H,113,132)(H,114,129)(H,115,128)(H,116,134)(H,117,133)(H,118,135)(H,119,138)(H,120,136)(H,121,137)(H,122,140)(H,123,139)(H4,94,95,107)(H4,96,97,108)(H4,98,99,109)(H4,100,101,110)(H4,102,103,111)(H3,104,105,112)/t56-,57-,58-,59-,60-,61-,62-,63-,64-,65-/m0/s1. The summed E-state index contributed by atoms with van der Waals surface area (Å²) in [6, 6.07) is 2.72. The minimum Gasteiger partial charge on any atom is -0.508 e. The van der Waals surface area contributed by atoms with Crippen LogP contribution in [0.4, 0.5) is 0 Å². The molecule has 0 bridgehead atoms. The van der Waals surface area contributed by atoms with Gasteiger partial charge in [-0.2, -0.15) is 0 Å². The molecule has 10 atom stereocenters. The molecular formula is C89H136N34O20. The van der Waals surface area contributed by atoms with E-state index in [-0.39, 0.29) is 225 Å². The highest BCUT2D eigenvalue weighted by atomic mass is 16.6. The van der Waals surface area contributed by atoms with Crippen LogP contribution in [-0.4, -0.2) is 273 Å². The molecule has 0 aromatic heterocycles. The molecule has 2 aliphatic rings. The number of guanidine groups is 6. The van der Waals surface area contributed by atoms with Crippen LogP contribution >= 0.6 is 0 Å². The van der Waals surface area contributed by atoms with E-state index in [4.69, 9.17) is 93.5 Å². The Hall–Kier alpha value is -16.3. The number of nitrogens with one attached hydrogen (secondary N) is 25. The molecule has 0 fully saturated rings. The third kappa shape index (κ3) is 39.1. The molecular weight excluding hydrogens is 1870 g/mol. The topological polar surface area (TPSA) is 941 Å². The Bertz CT molecular complexity index is 5110. The highest BCUT2D eigenvalue weighted by molar-refractivity contribution is 6.03. The van der Waals surface area contributed by atoms with Crippen molar-refractivity contribution in [2.24, 2.45) is 51.6 Å². The van der Waals surface area contributed by atoms with Gasteiger partial charge in [0, 0.05) is 107 Å². The van der Waals surface area contributed by atoms with Crippen LogP contribution in [0, 0.1) is 32.5 Å². The lowest BCUT2D eigenvalue weighted by Gasteiger charge is -2.36. The third-order valence-corrected chi connectivity index (χ3v) is 22.6. The number of unbranched alkanes of at least 4 members (excludes halogenated alkanes) is 2. The van der Waals surface area contributed by atoms with Gasteiger partial charge >= 0.3 is 5.97 Å². The van der Waals surface area contributed by atoms with Gasteiger partial charge in [0.25, 0.3) is 5.91 Å². The number of phenols is 3. The maximum atomic E-state index is 15.1. The van der Waals surface area contributed by atoms with E-state index in [2.05, 4.69) is 101 Å². The number of fused-ring (bicyclic) bond motifs is 6. The lowest BCUT2D eigenvalue weighted by molar-refractivity contribution is -0.136. The minimum absolute atomic E-state index is 0.00128. The molecule has 0 aliphatic carbocycles. The first-order chi connectivity index (χ1) is 68.1. The summed E-state index contributed by atoms with van der Waals surface area (Å²) in [7, 11) is 1.46. The van der Waals surface area contributed by atoms with Crippen LogP contribution in [0.25, 0.3) is 0 Å². The molecule has 0 unspecified atom stereocenters. The summed E-state index contributed by atoms with van der Waals surface area (Å²) in [6.07, 6.45) is -2.01.